The minimum absolute atomic E-state index is 0.0424. The fourth-order valence-corrected chi connectivity index (χ4v) is 2.80. The molecule has 1 atom stereocenters. The van der Waals surface area contributed by atoms with Gasteiger partial charge in [0.25, 0.3) is 0 Å². The summed E-state index contributed by atoms with van der Waals surface area (Å²) in [6.45, 7) is 6.86. The number of amides is 1. The average Bonchev–Trinajstić information content (AvgIpc) is 2.59. The van der Waals surface area contributed by atoms with E-state index in [1.54, 1.807) is 0 Å². The first-order valence-corrected chi connectivity index (χ1v) is 8.66. The van der Waals surface area contributed by atoms with Crippen LogP contribution in [-0.4, -0.2) is 12.5 Å². The average molecular weight is 325 g/mol. The quantitative estimate of drug-likeness (QED) is 0.774. The Balaban J connectivity index is 1.97. The molecule has 0 fully saturated rings. The fraction of sp³-hybridized carbons (Fsp3) is 0.381. The van der Waals surface area contributed by atoms with Crippen LogP contribution < -0.4 is 10.1 Å². The van der Waals surface area contributed by atoms with E-state index in [4.69, 9.17) is 4.74 Å². The van der Waals surface area contributed by atoms with E-state index in [-0.39, 0.29) is 11.9 Å². The number of benzene rings is 2. The summed E-state index contributed by atoms with van der Waals surface area (Å²) >= 11 is 0. The highest BCUT2D eigenvalue weighted by Crippen LogP contribution is 2.22. The molecule has 0 aliphatic rings. The lowest BCUT2D eigenvalue weighted by Gasteiger charge is -2.23. The van der Waals surface area contributed by atoms with Gasteiger partial charge in [0.05, 0.1) is 12.6 Å². The number of aryl methyl sites for hydroxylation is 1. The van der Waals surface area contributed by atoms with Gasteiger partial charge < -0.3 is 10.1 Å². The van der Waals surface area contributed by atoms with Gasteiger partial charge in [0.2, 0.25) is 5.91 Å². The standard InChI is InChI=1S/C21H27NO2/c1-4-24-19-13-9-8-10-17(19)14-15-20(23)22-21(16(2)3)18-11-6-5-7-12-18/h5-13,16,21H,4,14-15H2,1-3H3,(H,22,23). The van der Waals surface area contributed by atoms with Crippen LogP contribution in [0.15, 0.2) is 54.6 Å². The lowest BCUT2D eigenvalue weighted by Crippen LogP contribution is -2.31. The number of hydrogen-bond donors (Lipinski definition) is 1. The van der Waals surface area contributed by atoms with Gasteiger partial charge >= 0.3 is 0 Å². The van der Waals surface area contributed by atoms with Crippen LogP contribution in [0.3, 0.4) is 0 Å². The molecule has 2 aromatic rings. The van der Waals surface area contributed by atoms with Crippen molar-refractivity contribution in [3.05, 3.63) is 65.7 Å². The summed E-state index contributed by atoms with van der Waals surface area (Å²) in [5.41, 5.74) is 2.23. The highest BCUT2D eigenvalue weighted by Gasteiger charge is 2.18. The fourth-order valence-electron chi connectivity index (χ4n) is 2.80. The Bertz CT molecular complexity index is 637. The van der Waals surface area contributed by atoms with Crippen molar-refractivity contribution in [1.82, 2.24) is 5.32 Å². The number of rotatable bonds is 8. The lowest BCUT2D eigenvalue weighted by molar-refractivity contribution is -0.122. The van der Waals surface area contributed by atoms with Crippen molar-refractivity contribution in [3.8, 4) is 5.75 Å². The zero-order valence-corrected chi connectivity index (χ0v) is 14.8. The minimum Gasteiger partial charge on any atom is -0.494 e. The first-order valence-electron chi connectivity index (χ1n) is 8.66. The van der Waals surface area contributed by atoms with Crippen LogP contribution in [-0.2, 0) is 11.2 Å². The minimum atomic E-state index is 0.0424. The van der Waals surface area contributed by atoms with Crippen molar-refractivity contribution in [1.29, 1.82) is 0 Å². The number of para-hydroxylation sites is 1. The summed E-state index contributed by atoms with van der Waals surface area (Å²) in [5.74, 6) is 1.28. The smallest absolute Gasteiger partial charge is 0.220 e. The Morgan fingerprint density at radius 2 is 1.71 bits per heavy atom. The highest BCUT2D eigenvalue weighted by molar-refractivity contribution is 5.76. The van der Waals surface area contributed by atoms with Crippen LogP contribution in [0.4, 0.5) is 0 Å². The molecule has 0 aliphatic heterocycles. The monoisotopic (exact) mass is 325 g/mol. The zero-order chi connectivity index (χ0) is 17.4. The summed E-state index contributed by atoms with van der Waals surface area (Å²) in [7, 11) is 0. The van der Waals surface area contributed by atoms with E-state index in [2.05, 4.69) is 31.3 Å². The predicted molar refractivity (Wildman–Crippen MR) is 98.1 cm³/mol. The lowest BCUT2D eigenvalue weighted by atomic mass is 9.95. The van der Waals surface area contributed by atoms with Gasteiger partial charge in [-0.05, 0) is 36.5 Å². The molecular weight excluding hydrogens is 298 g/mol. The molecule has 0 saturated carbocycles. The maximum absolute atomic E-state index is 12.4. The van der Waals surface area contributed by atoms with Gasteiger partial charge in [-0.15, -0.1) is 0 Å². The molecule has 0 radical (unpaired) electrons. The molecular formula is C21H27NO2. The second-order valence-electron chi connectivity index (χ2n) is 6.24. The summed E-state index contributed by atoms with van der Waals surface area (Å²) in [4.78, 5) is 12.4. The number of nitrogens with one attached hydrogen (secondary N) is 1. The van der Waals surface area contributed by atoms with Crippen LogP contribution >= 0.6 is 0 Å². The number of carbonyl (C=O) groups excluding carboxylic acids is 1. The second-order valence-corrected chi connectivity index (χ2v) is 6.24. The van der Waals surface area contributed by atoms with E-state index in [0.717, 1.165) is 16.9 Å². The van der Waals surface area contributed by atoms with Crippen LogP contribution in [0.25, 0.3) is 0 Å². The van der Waals surface area contributed by atoms with Gasteiger partial charge in [-0.1, -0.05) is 62.4 Å². The number of ether oxygens (including phenoxy) is 1. The number of hydrogen-bond acceptors (Lipinski definition) is 2. The van der Waals surface area contributed by atoms with Gasteiger partial charge in [0.1, 0.15) is 5.75 Å². The largest absolute Gasteiger partial charge is 0.494 e. The van der Waals surface area contributed by atoms with Crippen molar-refractivity contribution < 1.29 is 9.53 Å². The normalized spacial score (nSPS) is 12.0. The SMILES string of the molecule is CCOc1ccccc1CCC(=O)NC(c1ccccc1)C(C)C. The van der Waals surface area contributed by atoms with E-state index in [0.29, 0.717) is 25.4 Å². The molecule has 24 heavy (non-hydrogen) atoms. The third-order valence-electron chi connectivity index (χ3n) is 4.04. The zero-order valence-electron chi connectivity index (χ0n) is 14.8. The molecule has 2 aromatic carbocycles. The molecule has 0 aromatic heterocycles. The Morgan fingerprint density at radius 1 is 1.04 bits per heavy atom. The van der Waals surface area contributed by atoms with Crippen molar-refractivity contribution in [2.45, 2.75) is 39.7 Å². The molecule has 128 valence electrons. The molecule has 1 N–H and O–H groups in total. The molecule has 0 saturated heterocycles. The van der Waals surface area contributed by atoms with E-state index < -0.39 is 0 Å². The molecule has 0 spiro atoms. The van der Waals surface area contributed by atoms with Crippen LogP contribution in [0.5, 0.6) is 5.75 Å². The topological polar surface area (TPSA) is 38.3 Å². The number of carbonyl (C=O) groups is 1. The van der Waals surface area contributed by atoms with E-state index in [1.807, 2.05) is 49.4 Å². The third-order valence-corrected chi connectivity index (χ3v) is 4.04. The Morgan fingerprint density at radius 3 is 2.38 bits per heavy atom. The molecule has 1 unspecified atom stereocenters. The van der Waals surface area contributed by atoms with E-state index in [1.165, 1.54) is 0 Å². The van der Waals surface area contributed by atoms with Gasteiger partial charge in [-0.3, -0.25) is 4.79 Å². The van der Waals surface area contributed by atoms with Crippen molar-refractivity contribution in [2.24, 2.45) is 5.92 Å². The van der Waals surface area contributed by atoms with Gasteiger partial charge in [0.15, 0.2) is 0 Å². The third kappa shape index (κ3) is 5.12. The molecule has 0 heterocycles. The first kappa shape index (κ1) is 18.1. The molecule has 1 amide bonds. The summed E-state index contributed by atoms with van der Waals surface area (Å²) in [5, 5.41) is 3.17. The van der Waals surface area contributed by atoms with E-state index in [9.17, 15) is 4.79 Å². The highest BCUT2D eigenvalue weighted by atomic mass is 16.5. The summed E-state index contributed by atoms with van der Waals surface area (Å²) in [6, 6.07) is 18.1. The predicted octanol–water partition coefficient (Wildman–Crippen LogP) is 4.53. The summed E-state index contributed by atoms with van der Waals surface area (Å²) < 4.78 is 5.63. The molecule has 0 bridgehead atoms. The Hall–Kier alpha value is -2.29. The molecule has 3 nitrogen and oxygen atoms in total. The Kier molecular flexibility index (Phi) is 6.86. The van der Waals surface area contributed by atoms with Crippen molar-refractivity contribution >= 4 is 5.91 Å². The van der Waals surface area contributed by atoms with Crippen molar-refractivity contribution in [3.63, 3.8) is 0 Å². The molecule has 3 heteroatoms. The summed E-state index contributed by atoms with van der Waals surface area (Å²) in [6.07, 6.45) is 1.14. The first-order chi connectivity index (χ1) is 11.6. The van der Waals surface area contributed by atoms with Gasteiger partial charge in [-0.2, -0.15) is 0 Å². The second kappa shape index (κ2) is 9.11. The van der Waals surface area contributed by atoms with Gasteiger partial charge in [-0.25, -0.2) is 0 Å². The van der Waals surface area contributed by atoms with Crippen LogP contribution in [0.2, 0.25) is 0 Å². The van der Waals surface area contributed by atoms with Gasteiger partial charge in [0, 0.05) is 6.42 Å². The van der Waals surface area contributed by atoms with Crippen LogP contribution in [0, 0.1) is 5.92 Å². The Labute approximate surface area is 145 Å². The molecule has 0 aliphatic carbocycles. The maximum Gasteiger partial charge on any atom is 0.220 e. The van der Waals surface area contributed by atoms with Crippen LogP contribution in [0.1, 0.15) is 44.4 Å². The van der Waals surface area contributed by atoms with Crippen molar-refractivity contribution in [2.75, 3.05) is 6.61 Å². The van der Waals surface area contributed by atoms with E-state index >= 15 is 0 Å². The maximum atomic E-state index is 12.4. The molecule has 2 rings (SSSR count).